The van der Waals surface area contributed by atoms with Crippen molar-refractivity contribution in [1.82, 2.24) is 0 Å². The van der Waals surface area contributed by atoms with Crippen LogP contribution in [0.2, 0.25) is 0 Å². The first-order valence-corrected chi connectivity index (χ1v) is 9.01. The fraction of sp³-hybridized carbons (Fsp3) is 0.238. The van der Waals surface area contributed by atoms with E-state index in [2.05, 4.69) is 10.1 Å². The Balaban J connectivity index is 1.75. The van der Waals surface area contributed by atoms with E-state index in [0.29, 0.717) is 34.7 Å². The first-order chi connectivity index (χ1) is 13.9. The van der Waals surface area contributed by atoms with Crippen LogP contribution in [-0.4, -0.2) is 43.8 Å². The Morgan fingerprint density at radius 2 is 1.79 bits per heavy atom. The molecule has 0 saturated heterocycles. The van der Waals surface area contributed by atoms with E-state index in [4.69, 9.17) is 4.74 Å². The van der Waals surface area contributed by atoms with E-state index in [1.165, 1.54) is 24.1 Å². The monoisotopic (exact) mass is 396 g/mol. The van der Waals surface area contributed by atoms with Crippen LogP contribution in [0, 0.1) is 0 Å². The van der Waals surface area contributed by atoms with Gasteiger partial charge in [0.25, 0.3) is 5.91 Å². The summed E-state index contributed by atoms with van der Waals surface area (Å²) in [5, 5.41) is 2.68. The number of hydrogen-bond acceptors (Lipinski definition) is 6. The van der Waals surface area contributed by atoms with Gasteiger partial charge >= 0.3 is 5.97 Å². The molecule has 8 nitrogen and oxygen atoms in total. The third kappa shape index (κ3) is 4.43. The van der Waals surface area contributed by atoms with Crippen LogP contribution in [0.15, 0.2) is 42.5 Å². The molecule has 1 aliphatic heterocycles. The average Bonchev–Trinajstić information content (AvgIpc) is 2.74. The highest BCUT2D eigenvalue weighted by Crippen LogP contribution is 2.33. The molecule has 3 rings (SSSR count). The molecule has 0 aliphatic carbocycles. The van der Waals surface area contributed by atoms with Gasteiger partial charge in [-0.25, -0.2) is 4.79 Å². The minimum absolute atomic E-state index is 0.0686. The predicted molar refractivity (Wildman–Crippen MR) is 105 cm³/mol. The van der Waals surface area contributed by atoms with Crippen LogP contribution in [0.4, 0.5) is 11.4 Å². The molecule has 0 atom stereocenters. The van der Waals surface area contributed by atoms with Crippen molar-refractivity contribution < 1.29 is 28.7 Å². The second-order valence-corrected chi connectivity index (χ2v) is 6.34. The Hall–Kier alpha value is -3.68. The third-order valence-corrected chi connectivity index (χ3v) is 4.44. The van der Waals surface area contributed by atoms with Crippen LogP contribution in [0.1, 0.15) is 34.1 Å². The van der Waals surface area contributed by atoms with Gasteiger partial charge in [-0.3, -0.25) is 19.3 Å². The molecular formula is C21H20N2O6. The molecule has 29 heavy (non-hydrogen) atoms. The predicted octanol–water partition coefficient (Wildman–Crippen LogP) is 2.43. The van der Waals surface area contributed by atoms with E-state index in [1.54, 1.807) is 37.3 Å². The molecule has 1 N–H and O–H groups in total. The molecule has 0 bridgehead atoms. The number of hydrogen-bond donors (Lipinski definition) is 1. The number of carbonyl (C=O) groups excluding carboxylic acids is 4. The van der Waals surface area contributed by atoms with Crippen molar-refractivity contribution >= 4 is 34.9 Å². The van der Waals surface area contributed by atoms with Gasteiger partial charge in [-0.2, -0.15) is 0 Å². The molecule has 1 aliphatic rings. The number of amides is 2. The molecule has 2 aromatic carbocycles. The van der Waals surface area contributed by atoms with Gasteiger partial charge in [0.2, 0.25) is 5.91 Å². The van der Waals surface area contributed by atoms with E-state index >= 15 is 0 Å². The van der Waals surface area contributed by atoms with Crippen LogP contribution >= 0.6 is 0 Å². The number of nitrogens with one attached hydrogen (secondary N) is 1. The van der Waals surface area contributed by atoms with Crippen LogP contribution in [-0.2, 0) is 14.3 Å². The van der Waals surface area contributed by atoms with Crippen LogP contribution in [0.5, 0.6) is 5.75 Å². The van der Waals surface area contributed by atoms with Gasteiger partial charge in [-0.15, -0.1) is 0 Å². The van der Waals surface area contributed by atoms with Crippen molar-refractivity contribution in [2.45, 2.75) is 13.3 Å². The first-order valence-electron chi connectivity index (χ1n) is 9.01. The highest BCUT2D eigenvalue weighted by molar-refractivity contribution is 6.06. The fourth-order valence-corrected chi connectivity index (χ4v) is 2.90. The highest BCUT2D eigenvalue weighted by atomic mass is 16.5. The quantitative estimate of drug-likeness (QED) is 0.594. The van der Waals surface area contributed by atoms with Gasteiger partial charge in [-0.1, -0.05) is 6.92 Å². The van der Waals surface area contributed by atoms with Gasteiger partial charge in [0.15, 0.2) is 12.4 Å². The van der Waals surface area contributed by atoms with Crippen molar-refractivity contribution in [3.05, 3.63) is 53.6 Å². The molecule has 0 fully saturated rings. The van der Waals surface area contributed by atoms with Crippen LogP contribution in [0.3, 0.4) is 0 Å². The zero-order valence-electron chi connectivity index (χ0n) is 16.1. The lowest BCUT2D eigenvalue weighted by Crippen LogP contribution is -2.43. The minimum Gasteiger partial charge on any atom is -0.482 e. The van der Waals surface area contributed by atoms with E-state index in [-0.39, 0.29) is 24.8 Å². The number of fused-ring (bicyclic) bond motifs is 1. The Labute approximate surface area is 167 Å². The maximum absolute atomic E-state index is 12.5. The Morgan fingerprint density at radius 3 is 2.45 bits per heavy atom. The largest absolute Gasteiger partial charge is 0.482 e. The van der Waals surface area contributed by atoms with Crippen molar-refractivity contribution in [3.63, 3.8) is 0 Å². The normalized spacial score (nSPS) is 12.6. The molecule has 0 saturated carbocycles. The maximum Gasteiger partial charge on any atom is 0.337 e. The lowest BCUT2D eigenvalue weighted by atomic mass is 10.1. The molecular weight excluding hydrogens is 376 g/mol. The van der Waals surface area contributed by atoms with E-state index in [9.17, 15) is 19.2 Å². The summed E-state index contributed by atoms with van der Waals surface area (Å²) in [7, 11) is 1.29. The number of carbonyl (C=O) groups is 4. The molecule has 150 valence electrons. The number of anilines is 2. The molecule has 0 spiro atoms. The summed E-state index contributed by atoms with van der Waals surface area (Å²) in [6.07, 6.45) is 0.329. The molecule has 8 heteroatoms. The SMILES string of the molecule is CCC(=O)c1ccc2c(c1)N(CC(=O)Nc1ccc(C(=O)OC)cc1)C(=O)CO2. The lowest BCUT2D eigenvalue weighted by molar-refractivity contribution is -0.123. The Kier molecular flexibility index (Phi) is 5.92. The molecule has 0 unspecified atom stereocenters. The van der Waals surface area contributed by atoms with E-state index in [0.717, 1.165) is 0 Å². The molecule has 2 amide bonds. The molecule has 0 radical (unpaired) electrons. The number of ether oxygens (including phenoxy) is 2. The number of nitrogens with zero attached hydrogens (tertiary/aromatic N) is 1. The summed E-state index contributed by atoms with van der Waals surface area (Å²) < 4.78 is 10.0. The third-order valence-electron chi connectivity index (χ3n) is 4.44. The van der Waals surface area contributed by atoms with E-state index < -0.39 is 11.9 Å². The number of esters is 1. The van der Waals surface area contributed by atoms with Crippen molar-refractivity contribution in [1.29, 1.82) is 0 Å². The van der Waals surface area contributed by atoms with Crippen molar-refractivity contribution in [3.8, 4) is 5.75 Å². The van der Waals surface area contributed by atoms with Crippen LogP contribution < -0.4 is 15.0 Å². The smallest absolute Gasteiger partial charge is 0.337 e. The maximum atomic E-state index is 12.5. The summed E-state index contributed by atoms with van der Waals surface area (Å²) in [4.78, 5) is 49.6. The molecule has 1 heterocycles. The van der Waals surface area contributed by atoms with Gasteiger partial charge < -0.3 is 14.8 Å². The molecule has 2 aromatic rings. The summed E-state index contributed by atoms with van der Waals surface area (Å²) in [5.41, 5.74) is 1.67. The summed E-state index contributed by atoms with van der Waals surface area (Å²) in [6.45, 7) is 1.33. The van der Waals surface area contributed by atoms with Crippen molar-refractivity contribution in [2.75, 3.05) is 30.5 Å². The zero-order valence-corrected chi connectivity index (χ0v) is 16.1. The summed E-state index contributed by atoms with van der Waals surface area (Å²) in [5.74, 6) is -0.914. The topological polar surface area (TPSA) is 102 Å². The average molecular weight is 396 g/mol. The Morgan fingerprint density at radius 1 is 1.10 bits per heavy atom. The summed E-state index contributed by atoms with van der Waals surface area (Å²) >= 11 is 0. The molecule has 0 aromatic heterocycles. The van der Waals surface area contributed by atoms with Crippen LogP contribution in [0.25, 0.3) is 0 Å². The van der Waals surface area contributed by atoms with E-state index in [1.807, 2.05) is 0 Å². The highest BCUT2D eigenvalue weighted by Gasteiger charge is 2.28. The van der Waals surface area contributed by atoms with Gasteiger partial charge in [0.1, 0.15) is 12.3 Å². The number of ketones is 1. The fourth-order valence-electron chi connectivity index (χ4n) is 2.90. The standard InChI is InChI=1S/C21H20N2O6/c1-3-17(24)14-6-9-18-16(10-14)23(20(26)12-29-18)11-19(25)22-15-7-4-13(5-8-15)21(27)28-2/h4-10H,3,11-12H2,1-2H3,(H,22,25). The summed E-state index contributed by atoms with van der Waals surface area (Å²) in [6, 6.07) is 11.0. The number of benzene rings is 2. The number of methoxy groups -OCH3 is 1. The van der Waals surface area contributed by atoms with Gasteiger partial charge in [0.05, 0.1) is 18.4 Å². The first kappa shape index (κ1) is 20.1. The second kappa shape index (κ2) is 8.55. The van der Waals surface area contributed by atoms with Gasteiger partial charge in [0, 0.05) is 17.7 Å². The Bertz CT molecular complexity index is 968. The number of rotatable bonds is 6. The second-order valence-electron chi connectivity index (χ2n) is 6.34. The minimum atomic E-state index is -0.476. The lowest BCUT2D eigenvalue weighted by Gasteiger charge is -2.29. The van der Waals surface area contributed by atoms with Crippen molar-refractivity contribution in [2.24, 2.45) is 0 Å². The zero-order chi connectivity index (χ0) is 21.0. The number of Topliss-reactive ketones (excluding diaryl/α,β-unsaturated/α-hetero) is 1. The van der Waals surface area contributed by atoms with Gasteiger partial charge in [-0.05, 0) is 42.5 Å².